The van der Waals surface area contributed by atoms with Crippen LogP contribution in [-0.4, -0.2) is 37.3 Å². The fourth-order valence-electron chi connectivity index (χ4n) is 3.87. The molecule has 1 amide bonds. The highest BCUT2D eigenvalue weighted by molar-refractivity contribution is 5.97. The van der Waals surface area contributed by atoms with E-state index in [1.807, 2.05) is 5.32 Å². The first kappa shape index (κ1) is 30.5. The fraction of sp³-hybridized carbons (Fsp3) is 0.310. The number of hydrogen-bond donors (Lipinski definition) is 1. The van der Waals surface area contributed by atoms with Gasteiger partial charge in [0.05, 0.1) is 6.61 Å². The van der Waals surface area contributed by atoms with Gasteiger partial charge in [-0.05, 0) is 43.2 Å². The largest absolute Gasteiger partial charge is 0.494 e. The van der Waals surface area contributed by atoms with Crippen molar-refractivity contribution >= 4 is 11.7 Å². The summed E-state index contributed by atoms with van der Waals surface area (Å²) >= 11 is 0. The lowest BCUT2D eigenvalue weighted by atomic mass is 9.82. The van der Waals surface area contributed by atoms with Gasteiger partial charge in [0.15, 0.2) is 17.9 Å². The second-order valence-corrected chi connectivity index (χ2v) is 9.11. The van der Waals surface area contributed by atoms with Crippen molar-refractivity contribution in [1.82, 2.24) is 5.32 Å². The molecule has 0 bridgehead atoms. The molecule has 214 valence electrons. The molecule has 3 aromatic rings. The van der Waals surface area contributed by atoms with Crippen molar-refractivity contribution in [2.45, 2.75) is 44.1 Å². The molecule has 0 spiro atoms. The van der Waals surface area contributed by atoms with Gasteiger partial charge in [0.25, 0.3) is 5.91 Å². The molecular weight excluding hydrogens is 540 g/mol. The van der Waals surface area contributed by atoms with Crippen LogP contribution in [0.5, 0.6) is 11.5 Å². The van der Waals surface area contributed by atoms with Gasteiger partial charge in [0.2, 0.25) is 0 Å². The molecule has 0 saturated heterocycles. The summed E-state index contributed by atoms with van der Waals surface area (Å²) in [6, 6.07) is 18.3. The third kappa shape index (κ3) is 8.49. The number of aryl methyl sites for hydroxylation is 1. The minimum absolute atomic E-state index is 0.0265. The number of ether oxygens (including phenoxy) is 2. The zero-order valence-electron chi connectivity index (χ0n) is 21.4. The predicted molar refractivity (Wildman–Crippen MR) is 135 cm³/mol. The number of rotatable bonds is 12. The zero-order chi connectivity index (χ0) is 29.4. The van der Waals surface area contributed by atoms with Crippen LogP contribution in [-0.2, 0) is 10.3 Å². The SMILES string of the molecule is Cc1ccc(C(=O)CC(NC(=O)COc2ccccc2)(c2ccc(OCCCC(F)(F)F)cc2)C(F)(F)F)cc1. The first-order valence-electron chi connectivity index (χ1n) is 12.2. The molecular formula is C29H27F6NO4. The van der Waals surface area contributed by atoms with E-state index in [4.69, 9.17) is 9.47 Å². The van der Waals surface area contributed by atoms with Crippen LogP contribution >= 0.6 is 0 Å². The van der Waals surface area contributed by atoms with E-state index in [1.54, 1.807) is 37.3 Å². The van der Waals surface area contributed by atoms with Crippen LogP contribution in [0.1, 0.15) is 40.7 Å². The van der Waals surface area contributed by atoms with Crippen molar-refractivity contribution < 1.29 is 45.4 Å². The number of ketones is 1. The molecule has 1 N–H and O–H groups in total. The average Bonchev–Trinajstić information content (AvgIpc) is 2.89. The number of benzene rings is 3. The number of carbonyl (C=O) groups excluding carboxylic acids is 2. The van der Waals surface area contributed by atoms with Gasteiger partial charge in [0, 0.05) is 18.4 Å². The molecule has 0 radical (unpaired) electrons. The molecule has 0 fully saturated rings. The standard InChI is InChI=1S/C29H27F6NO4/c1-20-8-10-21(11-9-20)25(37)18-27(29(33,34)35,36-26(38)19-40-23-6-3-2-4-7-23)22-12-14-24(15-13-22)39-17-5-16-28(30,31)32/h2-4,6-15H,5,16-19H2,1H3,(H,36,38). The summed E-state index contributed by atoms with van der Waals surface area (Å²) in [6.45, 7) is 0.706. The van der Waals surface area contributed by atoms with Crippen LogP contribution in [0.25, 0.3) is 0 Å². The van der Waals surface area contributed by atoms with Crippen LogP contribution in [0.3, 0.4) is 0 Å². The highest BCUT2D eigenvalue weighted by Crippen LogP contribution is 2.43. The van der Waals surface area contributed by atoms with Gasteiger partial charge in [0.1, 0.15) is 11.5 Å². The second-order valence-electron chi connectivity index (χ2n) is 9.11. The maximum atomic E-state index is 14.8. The molecule has 0 saturated carbocycles. The fourth-order valence-corrected chi connectivity index (χ4v) is 3.87. The molecule has 11 heteroatoms. The molecule has 0 aliphatic rings. The number of halogens is 6. The summed E-state index contributed by atoms with van der Waals surface area (Å²) in [4.78, 5) is 25.8. The van der Waals surface area contributed by atoms with E-state index in [2.05, 4.69) is 0 Å². The molecule has 0 aromatic heterocycles. The summed E-state index contributed by atoms with van der Waals surface area (Å²) < 4.78 is 92.1. The number of para-hydroxylation sites is 1. The highest BCUT2D eigenvalue weighted by atomic mass is 19.4. The van der Waals surface area contributed by atoms with Crippen molar-refractivity contribution in [3.63, 3.8) is 0 Å². The Morgan fingerprint density at radius 2 is 1.38 bits per heavy atom. The maximum absolute atomic E-state index is 14.8. The Morgan fingerprint density at radius 3 is 1.95 bits per heavy atom. The monoisotopic (exact) mass is 567 g/mol. The maximum Gasteiger partial charge on any atom is 0.416 e. The smallest absolute Gasteiger partial charge is 0.416 e. The molecule has 0 heterocycles. The predicted octanol–water partition coefficient (Wildman–Crippen LogP) is 6.94. The van der Waals surface area contributed by atoms with E-state index in [-0.39, 0.29) is 30.1 Å². The highest BCUT2D eigenvalue weighted by Gasteiger charge is 2.58. The Kier molecular flexibility index (Phi) is 9.83. The Morgan fingerprint density at radius 1 is 0.775 bits per heavy atom. The number of carbonyl (C=O) groups is 2. The number of hydrogen-bond acceptors (Lipinski definition) is 4. The second kappa shape index (κ2) is 12.9. The van der Waals surface area contributed by atoms with Gasteiger partial charge < -0.3 is 14.8 Å². The van der Waals surface area contributed by atoms with Crippen LogP contribution in [0.4, 0.5) is 26.3 Å². The summed E-state index contributed by atoms with van der Waals surface area (Å²) in [6.07, 6.45) is -12.0. The van der Waals surface area contributed by atoms with Crippen molar-refractivity contribution in [3.8, 4) is 11.5 Å². The third-order valence-electron chi connectivity index (χ3n) is 5.97. The molecule has 5 nitrogen and oxygen atoms in total. The van der Waals surface area contributed by atoms with Crippen LogP contribution in [0.15, 0.2) is 78.9 Å². The molecule has 0 aliphatic heterocycles. The molecule has 3 aromatic carbocycles. The lowest BCUT2D eigenvalue weighted by Gasteiger charge is -2.36. The van der Waals surface area contributed by atoms with Gasteiger partial charge in [-0.1, -0.05) is 60.2 Å². The lowest BCUT2D eigenvalue weighted by Crippen LogP contribution is -2.58. The minimum Gasteiger partial charge on any atom is -0.494 e. The van der Waals surface area contributed by atoms with E-state index in [0.29, 0.717) is 0 Å². The summed E-state index contributed by atoms with van der Waals surface area (Å²) in [5, 5.41) is 1.98. The summed E-state index contributed by atoms with van der Waals surface area (Å²) in [7, 11) is 0. The molecule has 3 rings (SSSR count). The number of alkyl halides is 6. The molecule has 40 heavy (non-hydrogen) atoms. The summed E-state index contributed by atoms with van der Waals surface area (Å²) in [5.41, 5.74) is -2.77. The lowest BCUT2D eigenvalue weighted by molar-refractivity contribution is -0.202. The number of nitrogens with one attached hydrogen (secondary N) is 1. The van der Waals surface area contributed by atoms with Gasteiger partial charge in [-0.25, -0.2) is 0 Å². The average molecular weight is 568 g/mol. The first-order chi connectivity index (χ1) is 18.8. The van der Waals surface area contributed by atoms with Gasteiger partial charge in [-0.3, -0.25) is 9.59 Å². The first-order valence-corrected chi connectivity index (χ1v) is 12.2. The van der Waals surface area contributed by atoms with Crippen molar-refractivity contribution in [2.24, 2.45) is 0 Å². The topological polar surface area (TPSA) is 64.6 Å². The van der Waals surface area contributed by atoms with E-state index in [0.717, 1.165) is 29.8 Å². The van der Waals surface area contributed by atoms with Gasteiger partial charge in [-0.15, -0.1) is 0 Å². The van der Waals surface area contributed by atoms with Gasteiger partial charge >= 0.3 is 12.4 Å². The van der Waals surface area contributed by atoms with Crippen molar-refractivity contribution in [1.29, 1.82) is 0 Å². The molecule has 1 unspecified atom stereocenters. The summed E-state index contributed by atoms with van der Waals surface area (Å²) in [5.74, 6) is -1.69. The minimum atomic E-state index is -5.13. The van der Waals surface area contributed by atoms with E-state index < -0.39 is 54.6 Å². The van der Waals surface area contributed by atoms with Crippen molar-refractivity contribution in [2.75, 3.05) is 13.2 Å². The normalized spacial score (nSPS) is 13.3. The van der Waals surface area contributed by atoms with E-state index >= 15 is 0 Å². The molecule has 0 aliphatic carbocycles. The van der Waals surface area contributed by atoms with Crippen LogP contribution in [0.2, 0.25) is 0 Å². The number of amides is 1. The van der Waals surface area contributed by atoms with Crippen LogP contribution in [0, 0.1) is 6.92 Å². The van der Waals surface area contributed by atoms with Crippen LogP contribution < -0.4 is 14.8 Å². The Hall–Kier alpha value is -4.02. The molecule has 1 atom stereocenters. The number of Topliss-reactive ketones (excluding diaryl/α,β-unsaturated/α-hetero) is 1. The van der Waals surface area contributed by atoms with E-state index in [1.165, 1.54) is 24.3 Å². The Balaban J connectivity index is 1.89. The zero-order valence-corrected chi connectivity index (χ0v) is 21.4. The Bertz CT molecular complexity index is 1260. The van der Waals surface area contributed by atoms with Gasteiger partial charge in [-0.2, -0.15) is 26.3 Å². The third-order valence-corrected chi connectivity index (χ3v) is 5.97. The van der Waals surface area contributed by atoms with E-state index in [9.17, 15) is 35.9 Å². The quantitative estimate of drug-likeness (QED) is 0.146. The Labute approximate surface area is 227 Å². The van der Waals surface area contributed by atoms with Crippen molar-refractivity contribution in [3.05, 3.63) is 95.6 Å².